The number of benzene rings is 1. The lowest BCUT2D eigenvalue weighted by molar-refractivity contribution is 0.374. The van der Waals surface area contributed by atoms with Crippen molar-refractivity contribution in [2.45, 2.75) is 39.3 Å². The van der Waals surface area contributed by atoms with Gasteiger partial charge in [0, 0.05) is 18.2 Å². The predicted octanol–water partition coefficient (Wildman–Crippen LogP) is 2.42. The Kier molecular flexibility index (Phi) is 5.38. The maximum atomic E-state index is 11.3. The van der Waals surface area contributed by atoms with Gasteiger partial charge in [-0.3, -0.25) is 10.0 Å². The van der Waals surface area contributed by atoms with E-state index in [1.165, 1.54) is 0 Å². The summed E-state index contributed by atoms with van der Waals surface area (Å²) in [5.74, 6) is 1.15. The molecule has 1 aromatic carbocycles. The van der Waals surface area contributed by atoms with Gasteiger partial charge in [0.05, 0.1) is 12.3 Å². The average molecular weight is 338 g/mol. The summed E-state index contributed by atoms with van der Waals surface area (Å²) < 4.78 is 30.7. The van der Waals surface area contributed by atoms with Crippen molar-refractivity contribution < 1.29 is 12.8 Å². The summed E-state index contributed by atoms with van der Waals surface area (Å²) in [4.78, 5) is 0. The Morgan fingerprint density at radius 1 is 1.22 bits per heavy atom. The molecule has 0 spiro atoms. The Hall–Kier alpha value is -1.93. The SMILES string of the molecule is CCc1nnc([C@H](C)N[C@H](C)c2cccc(NS(C)(=O)=O)c2)o1. The van der Waals surface area contributed by atoms with Crippen LogP contribution >= 0.6 is 0 Å². The first kappa shape index (κ1) is 17.4. The van der Waals surface area contributed by atoms with E-state index in [9.17, 15) is 8.42 Å². The highest BCUT2D eigenvalue weighted by Crippen LogP contribution is 2.21. The number of nitrogens with zero attached hydrogens (tertiary/aromatic N) is 2. The molecular formula is C15H22N4O3S. The fourth-order valence-electron chi connectivity index (χ4n) is 2.21. The van der Waals surface area contributed by atoms with Crippen molar-refractivity contribution in [3.05, 3.63) is 41.6 Å². The third-order valence-electron chi connectivity index (χ3n) is 3.35. The van der Waals surface area contributed by atoms with Crippen LogP contribution < -0.4 is 10.0 Å². The normalized spacial score (nSPS) is 14.4. The average Bonchev–Trinajstić information content (AvgIpc) is 2.94. The van der Waals surface area contributed by atoms with Gasteiger partial charge in [0.25, 0.3) is 0 Å². The number of nitrogens with one attached hydrogen (secondary N) is 2. The van der Waals surface area contributed by atoms with Crippen LogP contribution in [0.15, 0.2) is 28.7 Å². The van der Waals surface area contributed by atoms with Crippen molar-refractivity contribution in [3.63, 3.8) is 0 Å². The molecule has 0 unspecified atom stereocenters. The van der Waals surface area contributed by atoms with Gasteiger partial charge in [0.15, 0.2) is 0 Å². The summed E-state index contributed by atoms with van der Waals surface area (Å²) in [7, 11) is -3.29. The molecule has 7 nitrogen and oxygen atoms in total. The van der Waals surface area contributed by atoms with E-state index in [0.29, 0.717) is 23.9 Å². The second kappa shape index (κ2) is 7.10. The Bertz CT molecular complexity index is 758. The largest absolute Gasteiger partial charge is 0.424 e. The standard InChI is InChI=1S/C15H22N4O3S/c1-5-14-17-18-15(22-14)11(3)16-10(2)12-7-6-8-13(9-12)19-23(4,20)21/h6-11,16,19H,5H2,1-4H3/t10-,11+/m1/s1. The zero-order valence-electron chi connectivity index (χ0n) is 13.7. The highest BCUT2D eigenvalue weighted by molar-refractivity contribution is 7.92. The number of aryl methyl sites for hydroxylation is 1. The number of hydrogen-bond donors (Lipinski definition) is 2. The van der Waals surface area contributed by atoms with Crippen molar-refractivity contribution >= 4 is 15.7 Å². The van der Waals surface area contributed by atoms with Gasteiger partial charge in [-0.15, -0.1) is 10.2 Å². The van der Waals surface area contributed by atoms with Gasteiger partial charge in [-0.2, -0.15) is 0 Å². The third kappa shape index (κ3) is 5.04. The van der Waals surface area contributed by atoms with Crippen LogP contribution in [0, 0.1) is 0 Å². The molecule has 0 radical (unpaired) electrons. The first-order valence-electron chi connectivity index (χ1n) is 7.44. The van der Waals surface area contributed by atoms with Gasteiger partial charge in [0.2, 0.25) is 21.8 Å². The lowest BCUT2D eigenvalue weighted by Gasteiger charge is -2.18. The van der Waals surface area contributed by atoms with Gasteiger partial charge >= 0.3 is 0 Å². The minimum absolute atomic E-state index is 0.0108. The van der Waals surface area contributed by atoms with Gasteiger partial charge in [-0.1, -0.05) is 19.1 Å². The molecule has 2 N–H and O–H groups in total. The molecule has 0 fully saturated rings. The Morgan fingerprint density at radius 2 is 1.96 bits per heavy atom. The number of aromatic nitrogens is 2. The second-order valence-corrected chi connectivity index (χ2v) is 7.25. The smallest absolute Gasteiger partial charge is 0.233 e. The number of anilines is 1. The van der Waals surface area contributed by atoms with Gasteiger partial charge in [-0.25, -0.2) is 8.42 Å². The highest BCUT2D eigenvalue weighted by Gasteiger charge is 2.17. The maximum absolute atomic E-state index is 11.3. The van der Waals surface area contributed by atoms with E-state index in [0.717, 1.165) is 11.8 Å². The molecule has 0 amide bonds. The first-order chi connectivity index (χ1) is 10.8. The van der Waals surface area contributed by atoms with Crippen LogP contribution in [0.1, 0.15) is 50.2 Å². The van der Waals surface area contributed by atoms with E-state index in [4.69, 9.17) is 4.42 Å². The molecule has 23 heavy (non-hydrogen) atoms. The first-order valence-corrected chi connectivity index (χ1v) is 9.33. The van der Waals surface area contributed by atoms with Crippen LogP contribution in [-0.4, -0.2) is 24.9 Å². The summed E-state index contributed by atoms with van der Waals surface area (Å²) >= 11 is 0. The van der Waals surface area contributed by atoms with Crippen LogP contribution in [-0.2, 0) is 16.4 Å². The third-order valence-corrected chi connectivity index (χ3v) is 3.95. The highest BCUT2D eigenvalue weighted by atomic mass is 32.2. The van der Waals surface area contributed by atoms with Crippen molar-refractivity contribution in [1.82, 2.24) is 15.5 Å². The van der Waals surface area contributed by atoms with Crippen molar-refractivity contribution in [3.8, 4) is 0 Å². The molecule has 0 bridgehead atoms. The van der Waals surface area contributed by atoms with E-state index >= 15 is 0 Å². The topological polar surface area (TPSA) is 97.1 Å². The zero-order chi connectivity index (χ0) is 17.0. The van der Waals surface area contributed by atoms with Gasteiger partial charge < -0.3 is 4.42 Å². The van der Waals surface area contributed by atoms with Gasteiger partial charge in [0.1, 0.15) is 0 Å². The maximum Gasteiger partial charge on any atom is 0.233 e. The summed E-state index contributed by atoms with van der Waals surface area (Å²) in [5.41, 5.74) is 1.50. The molecule has 1 aromatic heterocycles. The van der Waals surface area contributed by atoms with Gasteiger partial charge in [-0.05, 0) is 31.5 Å². The van der Waals surface area contributed by atoms with E-state index in [1.807, 2.05) is 32.9 Å². The molecule has 0 aliphatic carbocycles. The molecule has 2 rings (SSSR count). The molecule has 2 aromatic rings. The zero-order valence-corrected chi connectivity index (χ0v) is 14.5. The predicted molar refractivity (Wildman–Crippen MR) is 88.6 cm³/mol. The summed E-state index contributed by atoms with van der Waals surface area (Å²) in [5, 5.41) is 11.4. The van der Waals surface area contributed by atoms with E-state index in [2.05, 4.69) is 20.2 Å². The molecule has 0 aliphatic heterocycles. The molecule has 1 heterocycles. The van der Waals surface area contributed by atoms with Crippen LogP contribution in [0.5, 0.6) is 0 Å². The molecule has 0 aliphatic rings. The Balaban J connectivity index is 2.07. The monoisotopic (exact) mass is 338 g/mol. The fourth-order valence-corrected chi connectivity index (χ4v) is 2.77. The number of sulfonamides is 1. The van der Waals surface area contributed by atoms with Crippen molar-refractivity contribution in [2.24, 2.45) is 0 Å². The minimum Gasteiger partial charge on any atom is -0.424 e. The summed E-state index contributed by atoms with van der Waals surface area (Å²) in [6.45, 7) is 5.90. The van der Waals surface area contributed by atoms with E-state index < -0.39 is 10.0 Å². The molecule has 8 heteroatoms. The van der Waals surface area contributed by atoms with Crippen molar-refractivity contribution in [2.75, 3.05) is 11.0 Å². The van der Waals surface area contributed by atoms with Crippen LogP contribution in [0.2, 0.25) is 0 Å². The molecule has 126 valence electrons. The van der Waals surface area contributed by atoms with Crippen LogP contribution in [0.3, 0.4) is 0 Å². The lowest BCUT2D eigenvalue weighted by atomic mass is 10.1. The Labute approximate surface area is 136 Å². The quantitative estimate of drug-likeness (QED) is 0.804. The summed E-state index contributed by atoms with van der Waals surface area (Å²) in [6, 6.07) is 7.15. The van der Waals surface area contributed by atoms with E-state index in [1.54, 1.807) is 12.1 Å². The van der Waals surface area contributed by atoms with Crippen molar-refractivity contribution in [1.29, 1.82) is 0 Å². The van der Waals surface area contributed by atoms with Crippen LogP contribution in [0.25, 0.3) is 0 Å². The fraction of sp³-hybridized carbons (Fsp3) is 0.467. The summed E-state index contributed by atoms with van der Waals surface area (Å²) in [6.07, 6.45) is 1.83. The molecule has 0 saturated heterocycles. The minimum atomic E-state index is -3.29. The molecule has 2 atom stereocenters. The molecule has 0 saturated carbocycles. The number of rotatable bonds is 7. The van der Waals surface area contributed by atoms with E-state index in [-0.39, 0.29) is 12.1 Å². The Morgan fingerprint density at radius 3 is 2.57 bits per heavy atom. The lowest BCUT2D eigenvalue weighted by Crippen LogP contribution is -2.23. The second-order valence-electron chi connectivity index (χ2n) is 5.50. The number of hydrogen-bond acceptors (Lipinski definition) is 6. The molecular weight excluding hydrogens is 316 g/mol. The van der Waals surface area contributed by atoms with Crippen LogP contribution in [0.4, 0.5) is 5.69 Å².